The fourth-order valence-electron chi connectivity index (χ4n) is 5.39. The molecule has 8 nitrogen and oxygen atoms in total. The van der Waals surface area contributed by atoms with Gasteiger partial charge in [0.2, 0.25) is 11.8 Å². The maximum atomic E-state index is 14.1. The Morgan fingerprint density at radius 3 is 2.74 bits per heavy atom. The first-order valence-corrected chi connectivity index (χ1v) is 11.6. The molecule has 1 aliphatic heterocycles. The number of hydrogen-bond donors (Lipinski definition) is 1. The number of nitrogens with one attached hydrogen (secondary N) is 1. The number of hydrogen-bond acceptors (Lipinski definition) is 5. The number of halogens is 1. The number of benzene rings is 1. The number of Topliss-reactive ketones (excluding diaryl/α,β-unsaturated/α-hetero) is 1. The number of pyridine rings is 1. The molecule has 1 N–H and O–H groups in total. The van der Waals surface area contributed by atoms with Crippen molar-refractivity contribution in [1.29, 1.82) is 0 Å². The monoisotopic (exact) mass is 461 g/mol. The lowest BCUT2D eigenvalue weighted by molar-refractivity contribution is -0.140. The summed E-state index contributed by atoms with van der Waals surface area (Å²) in [6.45, 7) is 1.35. The predicted octanol–water partition coefficient (Wildman–Crippen LogP) is 2.43. The Morgan fingerprint density at radius 2 is 1.94 bits per heavy atom. The van der Waals surface area contributed by atoms with Gasteiger partial charge < -0.3 is 10.2 Å². The third-order valence-corrected chi connectivity index (χ3v) is 7.24. The zero-order valence-corrected chi connectivity index (χ0v) is 18.6. The number of ketones is 1. The Morgan fingerprint density at radius 1 is 1.12 bits per heavy atom. The first-order chi connectivity index (χ1) is 16.4. The third kappa shape index (κ3) is 3.46. The van der Waals surface area contributed by atoms with E-state index in [4.69, 9.17) is 0 Å². The fourth-order valence-corrected chi connectivity index (χ4v) is 5.39. The maximum Gasteiger partial charge on any atom is 0.245 e. The van der Waals surface area contributed by atoms with Crippen molar-refractivity contribution in [3.8, 4) is 0 Å². The zero-order chi connectivity index (χ0) is 23.6. The number of likely N-dealkylation sites (tertiary alicyclic amines) is 1. The van der Waals surface area contributed by atoms with Crippen LogP contribution < -0.4 is 5.32 Å². The second kappa shape index (κ2) is 7.72. The first kappa shape index (κ1) is 20.9. The van der Waals surface area contributed by atoms with Gasteiger partial charge in [0.05, 0.1) is 5.39 Å². The number of nitrogens with zero attached hydrogens (tertiary/aromatic N) is 4. The average molecular weight is 461 g/mol. The van der Waals surface area contributed by atoms with Crippen molar-refractivity contribution in [3.05, 3.63) is 59.7 Å². The highest BCUT2D eigenvalue weighted by atomic mass is 19.1. The van der Waals surface area contributed by atoms with Gasteiger partial charge in [-0.25, -0.2) is 14.1 Å². The summed E-state index contributed by atoms with van der Waals surface area (Å²) in [5.74, 6) is -0.542. The first-order valence-electron chi connectivity index (χ1n) is 11.6. The van der Waals surface area contributed by atoms with Gasteiger partial charge in [-0.1, -0.05) is 18.2 Å². The second-order valence-electron chi connectivity index (χ2n) is 9.53. The molecule has 0 unspecified atom stereocenters. The van der Waals surface area contributed by atoms with Gasteiger partial charge in [-0.3, -0.25) is 14.4 Å². The molecule has 2 amide bonds. The Kier molecular flexibility index (Phi) is 4.75. The van der Waals surface area contributed by atoms with E-state index in [9.17, 15) is 18.8 Å². The van der Waals surface area contributed by atoms with Gasteiger partial charge in [-0.15, -0.1) is 0 Å². The molecule has 3 heterocycles. The molecule has 9 heteroatoms. The highest BCUT2D eigenvalue weighted by Gasteiger charge is 2.56. The van der Waals surface area contributed by atoms with Gasteiger partial charge in [0, 0.05) is 31.1 Å². The van der Waals surface area contributed by atoms with Crippen LogP contribution in [0.25, 0.3) is 11.0 Å². The summed E-state index contributed by atoms with van der Waals surface area (Å²) >= 11 is 0. The minimum absolute atomic E-state index is 0.0308. The maximum absolute atomic E-state index is 14.1. The highest BCUT2D eigenvalue weighted by molar-refractivity contribution is 6.04. The van der Waals surface area contributed by atoms with Crippen LogP contribution in [0.15, 0.2) is 42.6 Å². The molecule has 2 aliphatic carbocycles. The quantitative estimate of drug-likeness (QED) is 0.569. The van der Waals surface area contributed by atoms with E-state index in [2.05, 4.69) is 15.4 Å². The van der Waals surface area contributed by atoms with Crippen LogP contribution in [0.2, 0.25) is 0 Å². The summed E-state index contributed by atoms with van der Waals surface area (Å²) in [5.41, 5.74) is 1.37. The smallest absolute Gasteiger partial charge is 0.245 e. The lowest BCUT2D eigenvalue weighted by Crippen LogP contribution is -2.49. The van der Waals surface area contributed by atoms with Crippen molar-refractivity contribution in [2.24, 2.45) is 5.92 Å². The summed E-state index contributed by atoms with van der Waals surface area (Å²) in [4.78, 5) is 44.5. The molecule has 3 fully saturated rings. The van der Waals surface area contributed by atoms with Gasteiger partial charge in [0.25, 0.3) is 0 Å². The van der Waals surface area contributed by atoms with Crippen LogP contribution in [-0.4, -0.2) is 55.4 Å². The number of carbonyl (C=O) groups excluding carboxylic acids is 3. The number of aromatic nitrogens is 3. The summed E-state index contributed by atoms with van der Waals surface area (Å²) in [6, 6.07) is 9.53. The number of rotatable bonds is 6. The molecule has 3 aliphatic rings. The van der Waals surface area contributed by atoms with Crippen LogP contribution in [-0.2, 0) is 16.1 Å². The Hall–Kier alpha value is -3.62. The minimum Gasteiger partial charge on any atom is -0.351 e. The van der Waals surface area contributed by atoms with E-state index in [0.29, 0.717) is 35.4 Å². The number of amides is 2. The molecule has 2 aromatic heterocycles. The molecule has 174 valence electrons. The van der Waals surface area contributed by atoms with Crippen molar-refractivity contribution in [2.45, 2.75) is 56.8 Å². The summed E-state index contributed by atoms with van der Waals surface area (Å²) in [5, 5.41) is 7.98. The molecule has 0 spiro atoms. The van der Waals surface area contributed by atoms with Crippen LogP contribution in [0.3, 0.4) is 0 Å². The molecule has 5 atom stereocenters. The van der Waals surface area contributed by atoms with E-state index in [1.807, 2.05) is 0 Å². The topological polar surface area (TPSA) is 97.2 Å². The third-order valence-electron chi connectivity index (χ3n) is 7.24. The van der Waals surface area contributed by atoms with Gasteiger partial charge in [0.15, 0.2) is 11.4 Å². The summed E-state index contributed by atoms with van der Waals surface area (Å²) in [7, 11) is 0. The van der Waals surface area contributed by atoms with Crippen molar-refractivity contribution >= 4 is 28.6 Å². The van der Waals surface area contributed by atoms with Crippen molar-refractivity contribution < 1.29 is 18.8 Å². The minimum atomic E-state index is -0.541. The van der Waals surface area contributed by atoms with Crippen LogP contribution >= 0.6 is 0 Å². The van der Waals surface area contributed by atoms with Gasteiger partial charge in [-0.05, 0) is 48.9 Å². The Balaban J connectivity index is 1.17. The molecule has 6 rings (SSSR count). The number of piperidine rings is 1. The van der Waals surface area contributed by atoms with E-state index in [1.165, 1.54) is 17.7 Å². The van der Waals surface area contributed by atoms with E-state index < -0.39 is 6.04 Å². The van der Waals surface area contributed by atoms with Crippen molar-refractivity contribution in [3.63, 3.8) is 0 Å². The standard InChI is InChI=1S/C25H24FN5O3/c1-13(32)23-16-6-4-8-27-24(16)30(29-23)12-22(33)31-20-9-14(20)10-21(31)25(34)28-19-11-17(19)15-5-2-3-7-18(15)26/h2-8,14,17,19-21H,9-12H2,1H3,(H,28,34)/t14-,17-,19+,20-,21-/m0/s1. The molecule has 0 radical (unpaired) electrons. The van der Waals surface area contributed by atoms with E-state index >= 15 is 0 Å². The molecule has 3 aromatic rings. The van der Waals surface area contributed by atoms with Gasteiger partial charge >= 0.3 is 0 Å². The van der Waals surface area contributed by atoms with Crippen LogP contribution in [0.5, 0.6) is 0 Å². The number of fused-ring (bicyclic) bond motifs is 2. The average Bonchev–Trinajstić information content (AvgIpc) is 3.69. The summed E-state index contributed by atoms with van der Waals surface area (Å²) < 4.78 is 15.5. The molecule has 34 heavy (non-hydrogen) atoms. The molecular formula is C25H24FN5O3. The Bertz CT molecular complexity index is 1340. The van der Waals surface area contributed by atoms with Crippen LogP contribution in [0.1, 0.15) is 48.2 Å². The summed E-state index contributed by atoms with van der Waals surface area (Å²) in [6.07, 6.45) is 3.82. The predicted molar refractivity (Wildman–Crippen MR) is 120 cm³/mol. The zero-order valence-electron chi connectivity index (χ0n) is 18.6. The van der Waals surface area contributed by atoms with E-state index in [1.54, 1.807) is 41.4 Å². The van der Waals surface area contributed by atoms with Crippen molar-refractivity contribution in [2.75, 3.05) is 0 Å². The molecule has 2 saturated carbocycles. The SMILES string of the molecule is CC(=O)c1nn(CC(=O)N2[C@H](C(=O)N[C@@H]3C[C@H]3c3ccccc3F)C[C@@H]3C[C@@H]32)c2ncccc12. The highest BCUT2D eigenvalue weighted by Crippen LogP contribution is 2.48. The van der Waals surface area contributed by atoms with Gasteiger partial charge in [-0.2, -0.15) is 5.10 Å². The Labute approximate surface area is 195 Å². The van der Waals surface area contributed by atoms with Crippen molar-refractivity contribution in [1.82, 2.24) is 25.0 Å². The largest absolute Gasteiger partial charge is 0.351 e. The molecular weight excluding hydrogens is 437 g/mol. The molecule has 0 bridgehead atoms. The fraction of sp³-hybridized carbons (Fsp3) is 0.400. The van der Waals surface area contributed by atoms with E-state index in [0.717, 1.165) is 6.42 Å². The second-order valence-corrected chi connectivity index (χ2v) is 9.53. The number of carbonyl (C=O) groups is 3. The molecule has 1 saturated heterocycles. The van der Waals surface area contributed by atoms with Crippen LogP contribution in [0.4, 0.5) is 4.39 Å². The van der Waals surface area contributed by atoms with E-state index in [-0.39, 0.29) is 53.7 Å². The van der Waals surface area contributed by atoms with Gasteiger partial charge in [0.1, 0.15) is 24.1 Å². The molecule has 1 aromatic carbocycles. The lowest BCUT2D eigenvalue weighted by atomic mass is 10.1. The normalized spacial score (nSPS) is 26.9. The van der Waals surface area contributed by atoms with Crippen LogP contribution in [0, 0.1) is 11.7 Å². The lowest BCUT2D eigenvalue weighted by Gasteiger charge is -2.27.